The van der Waals surface area contributed by atoms with E-state index >= 15 is 0 Å². The van der Waals surface area contributed by atoms with Gasteiger partial charge in [-0.2, -0.15) is 0 Å². The van der Waals surface area contributed by atoms with Gasteiger partial charge >= 0.3 is 0 Å². The summed E-state index contributed by atoms with van der Waals surface area (Å²) in [5.41, 5.74) is 0.311. The Hall–Kier alpha value is -1.53. The van der Waals surface area contributed by atoms with Crippen LogP contribution in [-0.4, -0.2) is 13.5 Å². The number of hydrogen-bond acceptors (Lipinski definition) is 3. The molecule has 2 aromatic carbocycles. The van der Waals surface area contributed by atoms with Gasteiger partial charge in [-0.15, -0.1) is 0 Å². The Balaban J connectivity index is 2.37. The minimum atomic E-state index is -3.67. The van der Waals surface area contributed by atoms with E-state index in [0.717, 1.165) is 0 Å². The first kappa shape index (κ1) is 12.9. The number of sulfonamides is 1. The third-order valence-electron chi connectivity index (χ3n) is 2.22. The van der Waals surface area contributed by atoms with Crippen LogP contribution in [0.3, 0.4) is 0 Å². The Morgan fingerprint density at radius 1 is 1.06 bits per heavy atom. The number of aromatic hydroxyl groups is 1. The van der Waals surface area contributed by atoms with E-state index in [0.29, 0.717) is 10.2 Å². The van der Waals surface area contributed by atoms with E-state index in [9.17, 15) is 13.5 Å². The molecule has 2 aromatic rings. The number of halogens is 1. The van der Waals surface area contributed by atoms with Crippen LogP contribution in [0, 0.1) is 0 Å². The average Bonchev–Trinajstić information content (AvgIpc) is 2.28. The smallest absolute Gasteiger partial charge is 0.263 e. The molecule has 0 amide bonds. The summed E-state index contributed by atoms with van der Waals surface area (Å²) < 4.78 is 27.1. The summed E-state index contributed by atoms with van der Waals surface area (Å²) >= 11 is 3.19. The van der Waals surface area contributed by atoms with Crippen molar-refractivity contribution in [3.05, 3.63) is 53.0 Å². The molecule has 0 aliphatic rings. The summed E-state index contributed by atoms with van der Waals surface area (Å²) in [5, 5.41) is 9.29. The second-order valence-corrected chi connectivity index (χ2v) is 6.09. The zero-order valence-corrected chi connectivity index (χ0v) is 11.6. The van der Waals surface area contributed by atoms with E-state index < -0.39 is 10.0 Å². The highest BCUT2D eigenvalue weighted by Crippen LogP contribution is 2.24. The molecule has 0 saturated carbocycles. The third-order valence-corrected chi connectivity index (χ3v) is 4.62. The topological polar surface area (TPSA) is 66.4 Å². The van der Waals surface area contributed by atoms with E-state index in [1.54, 1.807) is 30.3 Å². The van der Waals surface area contributed by atoms with E-state index in [1.807, 2.05) is 0 Å². The highest BCUT2D eigenvalue weighted by molar-refractivity contribution is 9.10. The summed E-state index contributed by atoms with van der Waals surface area (Å²) in [6.07, 6.45) is 0. The average molecular weight is 328 g/mol. The highest BCUT2D eigenvalue weighted by atomic mass is 79.9. The zero-order valence-electron chi connectivity index (χ0n) is 9.17. The molecule has 0 spiro atoms. The first-order valence-corrected chi connectivity index (χ1v) is 7.33. The predicted molar refractivity (Wildman–Crippen MR) is 73.1 cm³/mol. The lowest BCUT2D eigenvalue weighted by atomic mass is 10.3. The van der Waals surface area contributed by atoms with Crippen molar-refractivity contribution >= 4 is 31.6 Å². The van der Waals surface area contributed by atoms with Crippen LogP contribution in [-0.2, 0) is 10.0 Å². The number of phenols is 1. The van der Waals surface area contributed by atoms with Crippen molar-refractivity contribution in [2.75, 3.05) is 4.72 Å². The molecule has 2 N–H and O–H groups in total. The molecule has 0 saturated heterocycles. The minimum Gasteiger partial charge on any atom is -0.508 e. The van der Waals surface area contributed by atoms with Crippen LogP contribution in [0.15, 0.2) is 57.9 Å². The summed E-state index contributed by atoms with van der Waals surface area (Å²) in [6.45, 7) is 0. The zero-order chi connectivity index (χ0) is 13.2. The molecule has 0 aliphatic heterocycles. The second-order valence-electron chi connectivity index (χ2n) is 3.59. The van der Waals surface area contributed by atoms with Crippen molar-refractivity contribution in [1.82, 2.24) is 0 Å². The molecule has 0 fully saturated rings. The highest BCUT2D eigenvalue weighted by Gasteiger charge is 2.17. The number of rotatable bonds is 3. The molecule has 4 nitrogen and oxygen atoms in total. The van der Waals surface area contributed by atoms with E-state index in [2.05, 4.69) is 20.7 Å². The number of phenolic OH excluding ortho intramolecular Hbond substituents is 1. The van der Waals surface area contributed by atoms with Crippen molar-refractivity contribution in [2.45, 2.75) is 4.90 Å². The summed E-state index contributed by atoms with van der Waals surface area (Å²) in [5.74, 6) is 0.00215. The Kier molecular flexibility index (Phi) is 3.58. The van der Waals surface area contributed by atoms with Gasteiger partial charge in [0.25, 0.3) is 10.0 Å². The molecule has 18 heavy (non-hydrogen) atoms. The molecule has 94 valence electrons. The molecule has 0 unspecified atom stereocenters. The van der Waals surface area contributed by atoms with Crippen molar-refractivity contribution < 1.29 is 13.5 Å². The van der Waals surface area contributed by atoms with Crippen LogP contribution in [0.2, 0.25) is 0 Å². The standard InChI is InChI=1S/C12H10BrNO3S/c13-11-6-1-2-7-12(11)18(16,17)14-9-4-3-5-10(15)8-9/h1-8,14-15H. The van der Waals surface area contributed by atoms with E-state index in [1.165, 1.54) is 18.2 Å². The fourth-order valence-corrected chi connectivity index (χ4v) is 3.50. The van der Waals surface area contributed by atoms with Gasteiger partial charge in [0.2, 0.25) is 0 Å². The molecular formula is C12H10BrNO3S. The van der Waals surface area contributed by atoms with Crippen LogP contribution in [0.25, 0.3) is 0 Å². The Morgan fingerprint density at radius 2 is 1.78 bits per heavy atom. The third kappa shape index (κ3) is 2.83. The first-order valence-electron chi connectivity index (χ1n) is 5.05. The van der Waals surface area contributed by atoms with Gasteiger partial charge in [-0.1, -0.05) is 18.2 Å². The molecule has 6 heteroatoms. The Morgan fingerprint density at radius 3 is 2.44 bits per heavy atom. The molecular weight excluding hydrogens is 318 g/mol. The normalized spacial score (nSPS) is 11.2. The number of benzene rings is 2. The lowest BCUT2D eigenvalue weighted by Gasteiger charge is -2.09. The Bertz CT molecular complexity index is 671. The molecule has 0 bridgehead atoms. The molecule has 0 aromatic heterocycles. The number of anilines is 1. The summed E-state index contributed by atoms with van der Waals surface area (Å²) in [7, 11) is -3.67. The van der Waals surface area contributed by atoms with Crippen LogP contribution >= 0.6 is 15.9 Å². The van der Waals surface area contributed by atoms with Gasteiger partial charge in [-0.05, 0) is 40.2 Å². The van der Waals surface area contributed by atoms with Gasteiger partial charge in [0, 0.05) is 10.5 Å². The largest absolute Gasteiger partial charge is 0.508 e. The van der Waals surface area contributed by atoms with Crippen LogP contribution in [0.4, 0.5) is 5.69 Å². The van der Waals surface area contributed by atoms with Crippen molar-refractivity contribution in [3.8, 4) is 5.75 Å². The van der Waals surface area contributed by atoms with Crippen molar-refractivity contribution in [1.29, 1.82) is 0 Å². The maximum absolute atomic E-state index is 12.1. The van der Waals surface area contributed by atoms with Gasteiger partial charge in [-0.25, -0.2) is 8.42 Å². The summed E-state index contributed by atoms with van der Waals surface area (Å²) in [6, 6.07) is 12.5. The maximum Gasteiger partial charge on any atom is 0.263 e. The van der Waals surface area contributed by atoms with Gasteiger partial charge in [0.15, 0.2) is 0 Å². The van der Waals surface area contributed by atoms with Crippen LogP contribution in [0.1, 0.15) is 0 Å². The lowest BCUT2D eigenvalue weighted by Crippen LogP contribution is -2.13. The molecule has 0 heterocycles. The fourth-order valence-electron chi connectivity index (χ4n) is 1.44. The first-order chi connectivity index (χ1) is 8.49. The Labute approximate surface area is 113 Å². The molecule has 0 radical (unpaired) electrons. The number of nitrogens with one attached hydrogen (secondary N) is 1. The van der Waals surface area contributed by atoms with Crippen molar-refractivity contribution in [3.63, 3.8) is 0 Å². The van der Waals surface area contributed by atoms with E-state index in [4.69, 9.17) is 0 Å². The SMILES string of the molecule is O=S(=O)(Nc1cccc(O)c1)c1ccccc1Br. The van der Waals surface area contributed by atoms with Crippen molar-refractivity contribution in [2.24, 2.45) is 0 Å². The second kappa shape index (κ2) is 4.99. The predicted octanol–water partition coefficient (Wildman–Crippen LogP) is 2.96. The quantitative estimate of drug-likeness (QED) is 0.910. The molecule has 0 atom stereocenters. The molecule has 0 aliphatic carbocycles. The van der Waals surface area contributed by atoms with Gasteiger partial charge in [0.1, 0.15) is 10.6 Å². The van der Waals surface area contributed by atoms with Crippen LogP contribution < -0.4 is 4.72 Å². The lowest BCUT2D eigenvalue weighted by molar-refractivity contribution is 0.475. The monoisotopic (exact) mass is 327 g/mol. The maximum atomic E-state index is 12.1. The fraction of sp³-hybridized carbons (Fsp3) is 0. The van der Waals surface area contributed by atoms with E-state index in [-0.39, 0.29) is 10.6 Å². The molecule has 2 rings (SSSR count). The summed E-state index contributed by atoms with van der Waals surface area (Å²) in [4.78, 5) is 0.147. The number of hydrogen-bond donors (Lipinski definition) is 2. The minimum absolute atomic E-state index is 0.00215. The van der Waals surface area contributed by atoms with Gasteiger partial charge < -0.3 is 5.11 Å². The van der Waals surface area contributed by atoms with Crippen LogP contribution in [0.5, 0.6) is 5.75 Å². The van der Waals surface area contributed by atoms with Gasteiger partial charge in [-0.3, -0.25) is 4.72 Å². The van der Waals surface area contributed by atoms with Gasteiger partial charge in [0.05, 0.1) is 5.69 Å².